The molecule has 28 heavy (non-hydrogen) atoms. The Morgan fingerprint density at radius 1 is 1.07 bits per heavy atom. The third-order valence-electron chi connectivity index (χ3n) is 4.46. The van der Waals surface area contributed by atoms with Gasteiger partial charge in [-0.3, -0.25) is 4.79 Å². The summed E-state index contributed by atoms with van der Waals surface area (Å²) in [4.78, 5) is 10.6. The average Bonchev–Trinajstić information content (AvgIpc) is 3.04. The normalized spacial score (nSPS) is 25.5. The molecule has 5 atom stereocenters. The minimum Gasteiger partial charge on any atom is -0.481 e. The maximum Gasteiger partial charge on any atom is 0.303 e. The molecule has 0 radical (unpaired) electrons. The summed E-state index contributed by atoms with van der Waals surface area (Å²) in [5.74, 6) is -0.945. The van der Waals surface area contributed by atoms with Crippen LogP contribution < -0.4 is 0 Å². The van der Waals surface area contributed by atoms with Gasteiger partial charge in [-0.25, -0.2) is 0 Å². The van der Waals surface area contributed by atoms with Crippen molar-refractivity contribution in [2.75, 3.05) is 0 Å². The largest absolute Gasteiger partial charge is 0.481 e. The van der Waals surface area contributed by atoms with Crippen molar-refractivity contribution in [1.82, 2.24) is 0 Å². The first-order chi connectivity index (χ1) is 13.4. The molecule has 158 valence electrons. The van der Waals surface area contributed by atoms with Crippen LogP contribution in [0.25, 0.3) is 0 Å². The van der Waals surface area contributed by atoms with Gasteiger partial charge in [0.2, 0.25) is 0 Å². The number of allylic oxidation sites excluding steroid dienone is 5. The van der Waals surface area contributed by atoms with E-state index in [-0.39, 0.29) is 19.3 Å². The van der Waals surface area contributed by atoms with Gasteiger partial charge in [0.15, 0.2) is 0 Å². The van der Waals surface area contributed by atoms with E-state index < -0.39 is 36.5 Å². The molecule has 1 heterocycles. The van der Waals surface area contributed by atoms with Gasteiger partial charge in [0.1, 0.15) is 0 Å². The van der Waals surface area contributed by atoms with Gasteiger partial charge in [-0.1, -0.05) is 55.5 Å². The number of aliphatic hydroxyl groups is 3. The Labute approximate surface area is 167 Å². The molecule has 6 nitrogen and oxygen atoms in total. The summed E-state index contributed by atoms with van der Waals surface area (Å²) < 4.78 is 5.56. The maximum atomic E-state index is 10.6. The Balaban J connectivity index is 2.28. The zero-order chi connectivity index (χ0) is 20.8. The number of aliphatic carboxylic acids is 1. The van der Waals surface area contributed by atoms with Crippen LogP contribution >= 0.6 is 0 Å². The van der Waals surface area contributed by atoms with Crippen molar-refractivity contribution < 1.29 is 30.0 Å². The molecule has 0 unspecified atom stereocenters. The summed E-state index contributed by atoms with van der Waals surface area (Å²) in [5.41, 5.74) is 0. The van der Waals surface area contributed by atoms with E-state index in [0.717, 1.165) is 19.3 Å². The fourth-order valence-electron chi connectivity index (χ4n) is 2.90. The highest BCUT2D eigenvalue weighted by molar-refractivity contribution is 5.66. The van der Waals surface area contributed by atoms with Gasteiger partial charge in [0, 0.05) is 12.8 Å². The van der Waals surface area contributed by atoms with Crippen LogP contribution in [0.4, 0.5) is 0 Å². The number of ether oxygens (including phenoxy) is 1. The number of carbonyl (C=O) groups is 1. The van der Waals surface area contributed by atoms with E-state index in [2.05, 4.69) is 31.2 Å². The minimum atomic E-state index is -0.956. The van der Waals surface area contributed by atoms with Gasteiger partial charge in [0.05, 0.1) is 30.5 Å². The van der Waals surface area contributed by atoms with Gasteiger partial charge in [0.25, 0.3) is 0 Å². The van der Waals surface area contributed by atoms with Gasteiger partial charge in [-0.15, -0.1) is 0 Å². The highest BCUT2D eigenvalue weighted by Gasteiger charge is 2.36. The molecule has 6 heteroatoms. The molecule has 0 saturated carbocycles. The van der Waals surface area contributed by atoms with Crippen LogP contribution in [0, 0.1) is 0 Å². The molecule has 1 saturated heterocycles. The van der Waals surface area contributed by atoms with Crippen molar-refractivity contribution in [3.8, 4) is 0 Å². The van der Waals surface area contributed by atoms with E-state index in [1.165, 1.54) is 12.2 Å². The Morgan fingerprint density at radius 2 is 1.71 bits per heavy atom. The van der Waals surface area contributed by atoms with Gasteiger partial charge in [-0.05, 0) is 32.1 Å². The molecule has 0 spiro atoms. The first-order valence-corrected chi connectivity index (χ1v) is 9.98. The predicted molar refractivity (Wildman–Crippen MR) is 109 cm³/mol. The summed E-state index contributed by atoms with van der Waals surface area (Å²) in [6.45, 7) is 2.10. The molecule has 1 aliphatic heterocycles. The molecule has 0 amide bonds. The minimum absolute atomic E-state index is 0.0872. The zero-order valence-electron chi connectivity index (χ0n) is 16.6. The van der Waals surface area contributed by atoms with Crippen molar-refractivity contribution in [2.45, 2.75) is 82.4 Å². The fraction of sp³-hybridized carbons (Fsp3) is 0.591. The Hall–Kier alpha value is -1.73. The smallest absolute Gasteiger partial charge is 0.303 e. The molecular weight excluding hydrogens is 360 g/mol. The number of aliphatic hydroxyl groups excluding tert-OH is 3. The lowest BCUT2D eigenvalue weighted by molar-refractivity contribution is -0.138. The predicted octanol–water partition coefficient (Wildman–Crippen LogP) is 2.90. The molecule has 0 aromatic heterocycles. The number of hydrogen-bond donors (Lipinski definition) is 4. The van der Waals surface area contributed by atoms with Gasteiger partial charge in [-0.2, -0.15) is 0 Å². The van der Waals surface area contributed by atoms with Crippen LogP contribution in [-0.4, -0.2) is 56.9 Å². The molecular formula is C22H34O6. The SMILES string of the molecule is CC/C=C\C/C=C\C/C=C\C[C@@H](O)/C=C/[C@@H](O)[C@@H]1C[C@@H](O)[C@@H](CCC(=O)O)O1. The van der Waals surface area contributed by atoms with Crippen LogP contribution in [0.2, 0.25) is 0 Å². The average molecular weight is 395 g/mol. The molecule has 0 aliphatic carbocycles. The zero-order valence-corrected chi connectivity index (χ0v) is 16.6. The number of carboxylic acid groups (broad SMARTS) is 1. The first-order valence-electron chi connectivity index (χ1n) is 9.98. The standard InChI is InChI=1S/C22H34O6/c1-2-3-4-5-6-7-8-9-10-11-17(23)12-13-18(24)21-16-19(25)20(28-21)14-15-22(26)27/h3-4,6-7,9-10,12-13,17-21,23-25H,2,5,8,11,14-16H2,1H3,(H,26,27)/b4-3-,7-6-,10-9-,13-12+/t17-,18-,19-,20-,21+/m1/s1. The van der Waals surface area contributed by atoms with E-state index in [4.69, 9.17) is 9.84 Å². The summed E-state index contributed by atoms with van der Waals surface area (Å²) in [6, 6.07) is 0. The van der Waals surface area contributed by atoms with Crippen LogP contribution in [0.3, 0.4) is 0 Å². The van der Waals surface area contributed by atoms with E-state index >= 15 is 0 Å². The third kappa shape index (κ3) is 10.6. The lowest BCUT2D eigenvalue weighted by Gasteiger charge is -2.16. The van der Waals surface area contributed by atoms with Crippen LogP contribution in [0.5, 0.6) is 0 Å². The van der Waals surface area contributed by atoms with E-state index in [1.807, 2.05) is 12.2 Å². The summed E-state index contributed by atoms with van der Waals surface area (Å²) in [5, 5.41) is 38.7. The Bertz CT molecular complexity index is 551. The van der Waals surface area contributed by atoms with Gasteiger partial charge >= 0.3 is 5.97 Å². The summed E-state index contributed by atoms with van der Waals surface area (Å²) in [6.07, 6.45) is 15.3. The monoisotopic (exact) mass is 394 g/mol. The topological polar surface area (TPSA) is 107 Å². The van der Waals surface area contributed by atoms with E-state index in [0.29, 0.717) is 6.42 Å². The number of rotatable bonds is 13. The first kappa shape index (κ1) is 24.3. The summed E-state index contributed by atoms with van der Waals surface area (Å²) in [7, 11) is 0. The number of hydrogen-bond acceptors (Lipinski definition) is 5. The van der Waals surface area contributed by atoms with Gasteiger partial charge < -0.3 is 25.2 Å². The molecule has 1 aliphatic rings. The van der Waals surface area contributed by atoms with Crippen LogP contribution in [0.1, 0.15) is 51.9 Å². The second-order valence-corrected chi connectivity index (χ2v) is 6.92. The highest BCUT2D eigenvalue weighted by atomic mass is 16.5. The molecule has 1 fully saturated rings. The van der Waals surface area contributed by atoms with Crippen LogP contribution in [0.15, 0.2) is 48.6 Å². The van der Waals surface area contributed by atoms with Crippen LogP contribution in [-0.2, 0) is 9.53 Å². The van der Waals surface area contributed by atoms with Crippen molar-refractivity contribution in [3.63, 3.8) is 0 Å². The molecule has 0 bridgehead atoms. The van der Waals surface area contributed by atoms with E-state index in [9.17, 15) is 20.1 Å². The Morgan fingerprint density at radius 3 is 2.36 bits per heavy atom. The van der Waals surface area contributed by atoms with Crippen molar-refractivity contribution in [1.29, 1.82) is 0 Å². The second kappa shape index (κ2) is 14.3. The van der Waals surface area contributed by atoms with E-state index in [1.54, 1.807) is 0 Å². The Kier molecular flexibility index (Phi) is 12.4. The third-order valence-corrected chi connectivity index (χ3v) is 4.46. The quantitative estimate of drug-likeness (QED) is 0.358. The fourth-order valence-corrected chi connectivity index (χ4v) is 2.90. The molecule has 1 rings (SSSR count). The van der Waals surface area contributed by atoms with Crippen molar-refractivity contribution >= 4 is 5.97 Å². The number of carboxylic acids is 1. The lowest BCUT2D eigenvalue weighted by Crippen LogP contribution is -2.25. The molecule has 4 N–H and O–H groups in total. The lowest BCUT2D eigenvalue weighted by atomic mass is 10.0. The second-order valence-electron chi connectivity index (χ2n) is 6.92. The molecule has 0 aromatic carbocycles. The maximum absolute atomic E-state index is 10.6. The summed E-state index contributed by atoms with van der Waals surface area (Å²) >= 11 is 0. The molecule has 0 aromatic rings. The highest BCUT2D eigenvalue weighted by Crippen LogP contribution is 2.26. The van der Waals surface area contributed by atoms with Crippen molar-refractivity contribution in [2.24, 2.45) is 0 Å². The van der Waals surface area contributed by atoms with Crippen molar-refractivity contribution in [3.05, 3.63) is 48.6 Å².